The lowest BCUT2D eigenvalue weighted by molar-refractivity contribution is 0.0111. The molecule has 2 aliphatic rings. The molecule has 2 saturated heterocycles. The van der Waals surface area contributed by atoms with Crippen molar-refractivity contribution in [1.29, 1.82) is 0 Å². The predicted molar refractivity (Wildman–Crippen MR) is 139 cm³/mol. The van der Waals surface area contributed by atoms with E-state index in [1.165, 1.54) is 4.90 Å². The summed E-state index contributed by atoms with van der Waals surface area (Å²) in [5.74, 6) is 1.17. The fourth-order valence-corrected chi connectivity index (χ4v) is 5.19. The van der Waals surface area contributed by atoms with Crippen LogP contribution in [-0.2, 0) is 9.47 Å². The number of ether oxygens (including phenoxy) is 2. The highest BCUT2D eigenvalue weighted by molar-refractivity contribution is 5.82. The summed E-state index contributed by atoms with van der Waals surface area (Å²) in [4.78, 5) is 25.1. The third kappa shape index (κ3) is 5.39. The summed E-state index contributed by atoms with van der Waals surface area (Å²) in [7, 11) is 0. The molecule has 2 aromatic heterocycles. The Kier molecular flexibility index (Phi) is 6.78. The van der Waals surface area contributed by atoms with Gasteiger partial charge in [0, 0.05) is 37.0 Å². The van der Waals surface area contributed by atoms with Crippen molar-refractivity contribution in [3.63, 3.8) is 0 Å². The Bertz CT molecular complexity index is 1290. The number of carbonyl (C=O) groups is 1. The zero-order valence-electron chi connectivity index (χ0n) is 22.1. The van der Waals surface area contributed by atoms with Gasteiger partial charge in [-0.2, -0.15) is 5.10 Å². The summed E-state index contributed by atoms with van der Waals surface area (Å²) in [6.45, 7) is 12.1. The topological polar surface area (TPSA) is 85.6 Å². The van der Waals surface area contributed by atoms with E-state index in [4.69, 9.17) is 9.47 Å². The van der Waals surface area contributed by atoms with Crippen LogP contribution in [0.1, 0.15) is 51.2 Å². The Balaban J connectivity index is 1.41. The average Bonchev–Trinajstić information content (AvgIpc) is 3.25. The molecule has 4 heterocycles. The maximum absolute atomic E-state index is 15.5. The van der Waals surface area contributed by atoms with Crippen LogP contribution in [0.3, 0.4) is 0 Å². The van der Waals surface area contributed by atoms with Gasteiger partial charge in [-0.15, -0.1) is 0 Å². The largest absolute Gasteiger partial charge is 0.444 e. The molecule has 5 rings (SSSR count). The van der Waals surface area contributed by atoms with E-state index in [2.05, 4.69) is 26.9 Å². The standard InChI is InChI=1S/C27H35FN6O3/c1-17-10-19-13-31-34(25-12-24(29-16-30-25)32-8-9-36-18(2)14-32)23(19)11-21(17)20-6-7-33(15-22(20)28)26(35)37-27(3,4)5/h10-13,16,18,20,22H,6-9,14-15H2,1-5H3. The van der Waals surface area contributed by atoms with Crippen LogP contribution in [0.5, 0.6) is 0 Å². The Morgan fingerprint density at radius 2 is 1.92 bits per heavy atom. The smallest absolute Gasteiger partial charge is 0.410 e. The van der Waals surface area contributed by atoms with Crippen LogP contribution >= 0.6 is 0 Å². The molecular formula is C27H35FN6O3. The lowest BCUT2D eigenvalue weighted by Gasteiger charge is -2.36. The third-order valence-electron chi connectivity index (χ3n) is 6.97. The summed E-state index contributed by atoms with van der Waals surface area (Å²) in [6.07, 6.45) is 2.36. The predicted octanol–water partition coefficient (Wildman–Crippen LogP) is 4.41. The molecule has 0 radical (unpaired) electrons. The van der Waals surface area contributed by atoms with Crippen LogP contribution in [0.25, 0.3) is 16.7 Å². The number of fused-ring (bicyclic) bond motifs is 1. The van der Waals surface area contributed by atoms with Gasteiger partial charge in [-0.05, 0) is 64.3 Å². The van der Waals surface area contributed by atoms with Gasteiger partial charge >= 0.3 is 6.09 Å². The van der Waals surface area contributed by atoms with Gasteiger partial charge in [0.2, 0.25) is 0 Å². The van der Waals surface area contributed by atoms with E-state index in [0.29, 0.717) is 25.4 Å². The van der Waals surface area contributed by atoms with E-state index in [1.807, 2.05) is 52.1 Å². The third-order valence-corrected chi connectivity index (χ3v) is 6.97. The molecule has 1 aromatic carbocycles. The number of hydrogen-bond acceptors (Lipinski definition) is 7. The molecule has 2 fully saturated rings. The van der Waals surface area contributed by atoms with Gasteiger partial charge in [0.1, 0.15) is 23.9 Å². The minimum absolute atomic E-state index is 0.0174. The van der Waals surface area contributed by atoms with Gasteiger partial charge in [0.15, 0.2) is 5.82 Å². The molecule has 3 unspecified atom stereocenters. The van der Waals surface area contributed by atoms with E-state index in [1.54, 1.807) is 11.0 Å². The summed E-state index contributed by atoms with van der Waals surface area (Å²) < 4.78 is 28.4. The number of aryl methyl sites for hydroxylation is 1. The van der Waals surface area contributed by atoms with Crippen LogP contribution in [0.15, 0.2) is 30.7 Å². The van der Waals surface area contributed by atoms with E-state index < -0.39 is 17.9 Å². The van der Waals surface area contributed by atoms with Crippen LogP contribution in [0.4, 0.5) is 15.0 Å². The number of aromatic nitrogens is 4. The molecule has 2 aliphatic heterocycles. The number of likely N-dealkylation sites (tertiary alicyclic amines) is 1. The fraction of sp³-hybridized carbons (Fsp3) is 0.556. The van der Waals surface area contributed by atoms with Gasteiger partial charge in [-0.25, -0.2) is 23.8 Å². The molecular weight excluding hydrogens is 475 g/mol. The van der Waals surface area contributed by atoms with Crippen molar-refractivity contribution in [3.05, 3.63) is 41.9 Å². The second-order valence-electron chi connectivity index (χ2n) is 11.0. The number of carbonyl (C=O) groups excluding carboxylic acids is 1. The normalized spacial score (nSPS) is 22.9. The Morgan fingerprint density at radius 1 is 1.14 bits per heavy atom. The van der Waals surface area contributed by atoms with Crippen molar-refractivity contribution in [1.82, 2.24) is 24.6 Å². The zero-order valence-corrected chi connectivity index (χ0v) is 22.1. The number of hydrogen-bond donors (Lipinski definition) is 0. The summed E-state index contributed by atoms with van der Waals surface area (Å²) >= 11 is 0. The van der Waals surface area contributed by atoms with Crippen LogP contribution in [-0.4, -0.2) is 81.4 Å². The molecule has 9 nitrogen and oxygen atoms in total. The van der Waals surface area contributed by atoms with Crippen LogP contribution in [0.2, 0.25) is 0 Å². The first-order valence-electron chi connectivity index (χ1n) is 12.9. The van der Waals surface area contributed by atoms with E-state index >= 15 is 4.39 Å². The van der Waals surface area contributed by atoms with Crippen molar-refractivity contribution in [3.8, 4) is 5.82 Å². The van der Waals surface area contributed by atoms with E-state index in [-0.39, 0.29) is 18.6 Å². The number of rotatable bonds is 3. The van der Waals surface area contributed by atoms with Crippen molar-refractivity contribution in [2.24, 2.45) is 0 Å². The van der Waals surface area contributed by atoms with Gasteiger partial charge in [0.25, 0.3) is 0 Å². The average molecular weight is 511 g/mol. The first-order chi connectivity index (χ1) is 17.6. The maximum Gasteiger partial charge on any atom is 0.410 e. The summed E-state index contributed by atoms with van der Waals surface area (Å²) in [5.41, 5.74) is 2.20. The number of alkyl halides is 1. The second-order valence-corrected chi connectivity index (χ2v) is 11.0. The summed E-state index contributed by atoms with van der Waals surface area (Å²) in [6, 6.07) is 6.00. The molecule has 37 heavy (non-hydrogen) atoms. The van der Waals surface area contributed by atoms with Crippen LogP contribution in [0, 0.1) is 6.92 Å². The highest BCUT2D eigenvalue weighted by atomic mass is 19.1. The van der Waals surface area contributed by atoms with Crippen LogP contribution < -0.4 is 4.90 Å². The van der Waals surface area contributed by atoms with E-state index in [0.717, 1.165) is 40.9 Å². The van der Waals surface area contributed by atoms with Crippen molar-refractivity contribution < 1.29 is 18.7 Å². The van der Waals surface area contributed by atoms with Crippen molar-refractivity contribution in [2.45, 2.75) is 64.8 Å². The molecule has 198 valence electrons. The van der Waals surface area contributed by atoms with Gasteiger partial charge in [-0.3, -0.25) is 0 Å². The molecule has 0 bridgehead atoms. The first kappa shape index (κ1) is 25.4. The fourth-order valence-electron chi connectivity index (χ4n) is 5.19. The van der Waals surface area contributed by atoms with E-state index in [9.17, 15) is 4.79 Å². The minimum Gasteiger partial charge on any atom is -0.444 e. The van der Waals surface area contributed by atoms with Crippen molar-refractivity contribution >= 4 is 22.8 Å². The number of piperidine rings is 1. The van der Waals surface area contributed by atoms with Crippen molar-refractivity contribution in [2.75, 3.05) is 37.7 Å². The molecule has 0 saturated carbocycles. The van der Waals surface area contributed by atoms with Gasteiger partial charge in [-0.1, -0.05) is 0 Å². The molecule has 1 amide bonds. The Labute approximate surface area is 216 Å². The highest BCUT2D eigenvalue weighted by Gasteiger charge is 2.35. The minimum atomic E-state index is -1.19. The second kappa shape index (κ2) is 9.89. The first-order valence-corrected chi connectivity index (χ1v) is 12.9. The molecule has 10 heteroatoms. The zero-order chi connectivity index (χ0) is 26.3. The number of halogens is 1. The molecule has 0 spiro atoms. The SMILES string of the molecule is Cc1cc2cnn(-c3cc(N4CCOC(C)C4)ncn3)c2cc1C1CCN(C(=O)OC(C)(C)C)CC1F. The quantitative estimate of drug-likeness (QED) is 0.516. The number of benzene rings is 1. The monoisotopic (exact) mass is 510 g/mol. The lowest BCUT2D eigenvalue weighted by Crippen LogP contribution is -2.46. The Hall–Kier alpha value is -3.27. The summed E-state index contributed by atoms with van der Waals surface area (Å²) in [5, 5.41) is 5.56. The number of anilines is 1. The molecule has 0 aliphatic carbocycles. The lowest BCUT2D eigenvalue weighted by atomic mass is 9.85. The highest BCUT2D eigenvalue weighted by Crippen LogP contribution is 2.35. The van der Waals surface area contributed by atoms with Gasteiger partial charge < -0.3 is 19.3 Å². The number of morpholine rings is 1. The number of amides is 1. The molecule has 3 atom stereocenters. The molecule has 3 aromatic rings. The number of nitrogens with zero attached hydrogens (tertiary/aromatic N) is 6. The molecule has 0 N–H and O–H groups in total. The van der Waals surface area contributed by atoms with Gasteiger partial charge in [0.05, 0.1) is 31.0 Å². The maximum atomic E-state index is 15.5. The Morgan fingerprint density at radius 3 is 2.65 bits per heavy atom.